The number of nitrogens with zero attached hydrogens (tertiary/aromatic N) is 2. The summed E-state index contributed by atoms with van der Waals surface area (Å²) in [5.41, 5.74) is 1.39. The maximum Gasteiger partial charge on any atom is 0.135 e. The molecule has 0 spiro atoms. The number of nitrogens with one attached hydrogen (secondary N) is 1. The second-order valence-corrected chi connectivity index (χ2v) is 4.23. The molecule has 0 amide bonds. The Balaban J connectivity index is 2.46. The molecule has 3 nitrogen and oxygen atoms in total. The molecule has 2 aromatic rings. The van der Waals surface area contributed by atoms with Gasteiger partial charge in [0.2, 0.25) is 0 Å². The van der Waals surface area contributed by atoms with Gasteiger partial charge in [-0.15, -0.1) is 0 Å². The molecule has 0 unspecified atom stereocenters. The molecule has 0 bridgehead atoms. The normalized spacial score (nSPS) is 14.5. The highest BCUT2D eigenvalue weighted by atomic mass is 35.5. The van der Waals surface area contributed by atoms with Gasteiger partial charge in [0, 0.05) is 23.4 Å². The van der Waals surface area contributed by atoms with Gasteiger partial charge in [-0.2, -0.15) is 0 Å². The largest absolute Gasteiger partial charge is 0.314 e. The van der Waals surface area contributed by atoms with E-state index in [-0.39, 0.29) is 0 Å². The highest BCUT2D eigenvalue weighted by Gasteiger charge is 2.13. The van der Waals surface area contributed by atoms with Crippen LogP contribution in [0.4, 0.5) is 0 Å². The van der Waals surface area contributed by atoms with Crippen molar-refractivity contribution in [3.63, 3.8) is 0 Å². The summed E-state index contributed by atoms with van der Waals surface area (Å²) in [7, 11) is 0. The lowest BCUT2D eigenvalue weighted by Gasteiger charge is -2.06. The Morgan fingerprint density at radius 3 is 3.13 bits per heavy atom. The summed E-state index contributed by atoms with van der Waals surface area (Å²) in [6.07, 6.45) is 2.05. The van der Waals surface area contributed by atoms with Crippen LogP contribution in [0.2, 0.25) is 5.02 Å². The summed E-state index contributed by atoms with van der Waals surface area (Å²) >= 11 is 5.91. The molecule has 0 atom stereocenters. The van der Waals surface area contributed by atoms with Crippen LogP contribution < -0.4 is 5.49 Å². The van der Waals surface area contributed by atoms with Gasteiger partial charge in [-0.3, -0.25) is 5.41 Å². The SMILES string of the molecule is N=c1c2ccc(Cl)cc2nc2n1CCC2. The fourth-order valence-electron chi connectivity index (χ4n) is 2.10. The first-order chi connectivity index (χ1) is 7.25. The lowest BCUT2D eigenvalue weighted by atomic mass is 10.2. The van der Waals surface area contributed by atoms with Crippen molar-refractivity contribution in [3.8, 4) is 0 Å². The molecule has 4 heteroatoms. The van der Waals surface area contributed by atoms with Crippen molar-refractivity contribution in [2.24, 2.45) is 0 Å². The van der Waals surface area contributed by atoms with Crippen molar-refractivity contribution < 1.29 is 0 Å². The molecule has 1 aliphatic rings. The van der Waals surface area contributed by atoms with Crippen molar-refractivity contribution in [3.05, 3.63) is 34.5 Å². The Kier molecular flexibility index (Phi) is 1.83. The molecule has 0 aliphatic carbocycles. The van der Waals surface area contributed by atoms with Gasteiger partial charge in [0.05, 0.1) is 5.52 Å². The van der Waals surface area contributed by atoms with E-state index in [9.17, 15) is 0 Å². The third-order valence-corrected chi connectivity index (χ3v) is 3.06. The molecule has 15 heavy (non-hydrogen) atoms. The van der Waals surface area contributed by atoms with Crippen molar-refractivity contribution in [1.29, 1.82) is 5.41 Å². The quantitative estimate of drug-likeness (QED) is 0.725. The number of benzene rings is 1. The van der Waals surface area contributed by atoms with Crippen molar-refractivity contribution in [2.75, 3.05) is 0 Å². The van der Waals surface area contributed by atoms with Gasteiger partial charge in [-0.05, 0) is 24.6 Å². The zero-order chi connectivity index (χ0) is 10.4. The maximum atomic E-state index is 8.07. The Hall–Kier alpha value is -1.35. The number of hydrogen-bond donors (Lipinski definition) is 1. The van der Waals surface area contributed by atoms with Crippen molar-refractivity contribution in [2.45, 2.75) is 19.4 Å². The van der Waals surface area contributed by atoms with Crippen molar-refractivity contribution in [1.82, 2.24) is 9.55 Å². The molecular formula is C11H10ClN3. The topological polar surface area (TPSA) is 41.7 Å². The van der Waals surface area contributed by atoms with Gasteiger partial charge in [-0.25, -0.2) is 4.98 Å². The minimum absolute atomic E-state index is 0.559. The Morgan fingerprint density at radius 2 is 2.27 bits per heavy atom. The third-order valence-electron chi connectivity index (χ3n) is 2.83. The van der Waals surface area contributed by atoms with E-state index in [0.29, 0.717) is 10.5 Å². The first kappa shape index (κ1) is 8.92. The summed E-state index contributed by atoms with van der Waals surface area (Å²) in [5.74, 6) is 1.01. The number of aromatic nitrogens is 2. The first-order valence-corrected chi connectivity index (χ1v) is 5.37. The average molecular weight is 220 g/mol. The number of hydrogen-bond acceptors (Lipinski definition) is 2. The van der Waals surface area contributed by atoms with Crippen LogP contribution in [0.25, 0.3) is 10.9 Å². The fraction of sp³-hybridized carbons (Fsp3) is 0.273. The Bertz CT molecular complexity index is 601. The third kappa shape index (κ3) is 1.27. The molecule has 1 aliphatic heterocycles. The highest BCUT2D eigenvalue weighted by Crippen LogP contribution is 2.18. The van der Waals surface area contributed by atoms with Gasteiger partial charge >= 0.3 is 0 Å². The smallest absolute Gasteiger partial charge is 0.135 e. The van der Waals surface area contributed by atoms with E-state index < -0.39 is 0 Å². The average Bonchev–Trinajstić information content (AvgIpc) is 2.65. The van der Waals surface area contributed by atoms with Gasteiger partial charge in [0.15, 0.2) is 0 Å². The predicted molar refractivity (Wildman–Crippen MR) is 58.9 cm³/mol. The molecule has 3 rings (SSSR count). The van der Waals surface area contributed by atoms with Crippen LogP contribution in [-0.2, 0) is 13.0 Å². The van der Waals surface area contributed by atoms with Gasteiger partial charge in [0.1, 0.15) is 11.3 Å². The molecule has 1 aromatic carbocycles. The monoisotopic (exact) mass is 219 g/mol. The van der Waals surface area contributed by atoms with E-state index >= 15 is 0 Å². The van der Waals surface area contributed by atoms with Crippen LogP contribution in [0.3, 0.4) is 0 Å². The molecule has 76 valence electrons. The summed E-state index contributed by atoms with van der Waals surface area (Å²) < 4.78 is 1.98. The van der Waals surface area contributed by atoms with Crippen LogP contribution in [0.5, 0.6) is 0 Å². The van der Waals surface area contributed by atoms with E-state index in [2.05, 4.69) is 4.98 Å². The highest BCUT2D eigenvalue weighted by molar-refractivity contribution is 6.31. The zero-order valence-electron chi connectivity index (χ0n) is 8.13. The predicted octanol–water partition coefficient (Wildman–Crippen LogP) is 2.12. The van der Waals surface area contributed by atoms with Crippen LogP contribution >= 0.6 is 11.6 Å². The van der Waals surface area contributed by atoms with E-state index in [0.717, 1.165) is 36.1 Å². The number of fused-ring (bicyclic) bond motifs is 2. The van der Waals surface area contributed by atoms with Crippen molar-refractivity contribution >= 4 is 22.5 Å². The molecule has 1 aromatic heterocycles. The zero-order valence-corrected chi connectivity index (χ0v) is 8.88. The molecule has 2 heterocycles. The van der Waals surface area contributed by atoms with Crippen LogP contribution in [0.15, 0.2) is 18.2 Å². The Morgan fingerprint density at radius 1 is 1.40 bits per heavy atom. The molecular weight excluding hydrogens is 210 g/mol. The van der Waals surface area contributed by atoms with Gasteiger partial charge < -0.3 is 4.57 Å². The number of rotatable bonds is 0. The first-order valence-electron chi connectivity index (χ1n) is 4.99. The maximum absolute atomic E-state index is 8.07. The minimum atomic E-state index is 0.559. The molecule has 0 saturated carbocycles. The summed E-state index contributed by atoms with van der Waals surface area (Å²) in [6, 6.07) is 5.51. The molecule has 0 radical (unpaired) electrons. The second kappa shape index (κ2) is 3.07. The summed E-state index contributed by atoms with van der Waals surface area (Å²) in [4.78, 5) is 4.54. The molecule has 0 fully saturated rings. The number of aryl methyl sites for hydroxylation is 1. The van der Waals surface area contributed by atoms with Crippen LogP contribution in [-0.4, -0.2) is 9.55 Å². The van der Waals surface area contributed by atoms with E-state index in [1.807, 2.05) is 22.8 Å². The fourth-order valence-corrected chi connectivity index (χ4v) is 2.26. The van der Waals surface area contributed by atoms with Crippen LogP contribution in [0, 0.1) is 5.41 Å². The molecule has 0 saturated heterocycles. The lowest BCUT2D eigenvalue weighted by molar-refractivity contribution is 0.699. The number of halogens is 1. The Labute approximate surface area is 91.8 Å². The second-order valence-electron chi connectivity index (χ2n) is 3.79. The van der Waals surface area contributed by atoms with Crippen LogP contribution in [0.1, 0.15) is 12.2 Å². The standard InChI is InChI=1S/C11H10ClN3/c12-7-3-4-8-9(6-7)14-10-2-1-5-15(10)11(8)13/h3-4,6,13H,1-2,5H2. The minimum Gasteiger partial charge on any atom is -0.314 e. The molecule has 1 N–H and O–H groups in total. The summed E-state index contributed by atoms with van der Waals surface area (Å²) in [6.45, 7) is 0.916. The van der Waals surface area contributed by atoms with Gasteiger partial charge in [-0.1, -0.05) is 11.6 Å². The summed E-state index contributed by atoms with van der Waals surface area (Å²) in [5, 5.41) is 9.63. The van der Waals surface area contributed by atoms with Gasteiger partial charge in [0.25, 0.3) is 0 Å². The van der Waals surface area contributed by atoms with E-state index in [1.54, 1.807) is 0 Å². The van der Waals surface area contributed by atoms with E-state index in [4.69, 9.17) is 17.0 Å². The lowest BCUT2D eigenvalue weighted by Crippen LogP contribution is -2.20. The van der Waals surface area contributed by atoms with E-state index in [1.165, 1.54) is 0 Å².